The fourth-order valence-corrected chi connectivity index (χ4v) is 7.30. The summed E-state index contributed by atoms with van der Waals surface area (Å²) in [7, 11) is -4.05. The van der Waals surface area contributed by atoms with Crippen LogP contribution >= 0.6 is 0 Å². The summed E-state index contributed by atoms with van der Waals surface area (Å²) in [5.41, 5.74) is 3.36. The van der Waals surface area contributed by atoms with Crippen molar-refractivity contribution in [3.8, 4) is 0 Å². The Kier molecular flexibility index (Phi) is 8.45. The average Bonchev–Trinajstić information content (AvgIpc) is 3.75. The predicted octanol–water partition coefficient (Wildman–Crippen LogP) is 6.62. The number of hydrogen-bond donors (Lipinski definition) is 1. The molecule has 3 aromatic rings. The largest absolute Gasteiger partial charge is 0.465 e. The second-order valence-corrected chi connectivity index (χ2v) is 14.1. The van der Waals surface area contributed by atoms with Crippen LogP contribution in [0.25, 0.3) is 22.8 Å². The summed E-state index contributed by atoms with van der Waals surface area (Å²) in [6, 6.07) is 11.9. The molecule has 2 aliphatic heterocycles. The van der Waals surface area contributed by atoms with Crippen molar-refractivity contribution < 1.29 is 31.1 Å². The van der Waals surface area contributed by atoms with Gasteiger partial charge < -0.3 is 14.5 Å². The van der Waals surface area contributed by atoms with Crippen molar-refractivity contribution in [2.75, 3.05) is 53.1 Å². The highest BCUT2D eigenvalue weighted by Crippen LogP contribution is 2.54. The molecule has 3 heterocycles. The fraction of sp³-hybridized carbons (Fsp3) is 0.455. The van der Waals surface area contributed by atoms with Gasteiger partial charge in [-0.25, -0.2) is 21.6 Å². The molecule has 1 aliphatic carbocycles. The molecule has 8 nitrogen and oxygen atoms in total. The van der Waals surface area contributed by atoms with Crippen LogP contribution in [0.1, 0.15) is 56.6 Å². The number of anilines is 3. The third-order valence-electron chi connectivity index (χ3n) is 9.10. The number of nitrogens with zero attached hydrogens (tertiary/aromatic N) is 3. The monoisotopic (exact) mass is 642 g/mol. The molecule has 45 heavy (non-hydrogen) atoms. The highest BCUT2D eigenvalue weighted by Gasteiger charge is 2.44. The van der Waals surface area contributed by atoms with Crippen molar-refractivity contribution in [3.05, 3.63) is 59.8 Å². The van der Waals surface area contributed by atoms with Gasteiger partial charge in [-0.1, -0.05) is 6.07 Å². The molecule has 0 radical (unpaired) electrons. The predicted molar refractivity (Wildman–Crippen MR) is 171 cm³/mol. The van der Waals surface area contributed by atoms with Gasteiger partial charge in [-0.15, -0.1) is 0 Å². The standard InChI is InChI=1S/C33H37F3N4O4S/c1-2-44-30(41)22-45(42,43)38-25-5-6-26(28(21-25)39-14-9-32(7-8-32)10-15-39)27(34)19-23-18-24-4-3-13-37-31(24)29(20-23)40-16-11-33(35,36)12-17-40/h3-6,13,18-21,38H,2,7-12,14-17,22H2,1H3/b27-19-. The maximum Gasteiger partial charge on any atom is 0.323 e. The molecule has 6 rings (SSSR count). The minimum Gasteiger partial charge on any atom is -0.465 e. The van der Waals surface area contributed by atoms with E-state index >= 15 is 4.39 Å². The first kappa shape index (κ1) is 31.2. The van der Waals surface area contributed by atoms with Crippen molar-refractivity contribution in [3.63, 3.8) is 0 Å². The zero-order valence-electron chi connectivity index (χ0n) is 25.2. The van der Waals surface area contributed by atoms with Gasteiger partial charge in [-0.05, 0) is 86.1 Å². The van der Waals surface area contributed by atoms with Crippen molar-refractivity contribution in [1.82, 2.24) is 4.98 Å². The number of sulfonamides is 1. The van der Waals surface area contributed by atoms with Crippen LogP contribution in [-0.4, -0.2) is 63.8 Å². The number of pyridine rings is 1. The van der Waals surface area contributed by atoms with E-state index in [2.05, 4.69) is 14.6 Å². The topological polar surface area (TPSA) is 91.8 Å². The lowest BCUT2D eigenvalue weighted by molar-refractivity contribution is -0.139. The highest BCUT2D eigenvalue weighted by atomic mass is 32.2. The fourth-order valence-electron chi connectivity index (χ4n) is 6.35. The lowest BCUT2D eigenvalue weighted by Crippen LogP contribution is -2.39. The zero-order valence-corrected chi connectivity index (χ0v) is 26.0. The van der Waals surface area contributed by atoms with Crippen LogP contribution in [0.5, 0.6) is 0 Å². The lowest BCUT2D eigenvalue weighted by Gasteiger charge is -2.35. The first-order chi connectivity index (χ1) is 21.4. The van der Waals surface area contributed by atoms with Crippen LogP contribution in [0.2, 0.25) is 0 Å². The van der Waals surface area contributed by atoms with E-state index in [1.807, 2.05) is 17.0 Å². The van der Waals surface area contributed by atoms with Crippen LogP contribution in [0.3, 0.4) is 0 Å². The van der Waals surface area contributed by atoms with E-state index in [1.165, 1.54) is 25.0 Å². The van der Waals surface area contributed by atoms with Gasteiger partial charge in [0.2, 0.25) is 10.0 Å². The zero-order chi connectivity index (χ0) is 31.8. The Morgan fingerprint density at radius 1 is 0.978 bits per heavy atom. The molecular weight excluding hydrogens is 605 g/mol. The van der Waals surface area contributed by atoms with E-state index in [1.54, 1.807) is 37.4 Å². The van der Waals surface area contributed by atoms with Gasteiger partial charge in [-0.3, -0.25) is 14.5 Å². The maximum atomic E-state index is 16.3. The summed E-state index contributed by atoms with van der Waals surface area (Å²) in [6.07, 6.45) is 6.91. The Hall–Kier alpha value is -3.80. The first-order valence-electron chi connectivity index (χ1n) is 15.4. The summed E-state index contributed by atoms with van der Waals surface area (Å²) in [6.45, 7) is 3.43. The Balaban J connectivity index is 1.34. The van der Waals surface area contributed by atoms with Gasteiger partial charge in [0.05, 0.1) is 23.5 Å². The number of piperidine rings is 2. The number of alkyl halides is 2. The summed E-state index contributed by atoms with van der Waals surface area (Å²) >= 11 is 0. The Labute approximate surface area is 261 Å². The van der Waals surface area contributed by atoms with Gasteiger partial charge in [0.15, 0.2) is 5.75 Å². The summed E-state index contributed by atoms with van der Waals surface area (Å²) in [5.74, 6) is -4.90. The maximum absolute atomic E-state index is 16.3. The van der Waals surface area contributed by atoms with Crippen molar-refractivity contribution in [1.29, 1.82) is 0 Å². The molecule has 2 aromatic carbocycles. The molecule has 1 N–H and O–H groups in total. The molecule has 1 spiro atoms. The van der Waals surface area contributed by atoms with Gasteiger partial charge in [0, 0.05) is 61.9 Å². The van der Waals surface area contributed by atoms with E-state index in [9.17, 15) is 22.0 Å². The van der Waals surface area contributed by atoms with Gasteiger partial charge in [-0.2, -0.15) is 0 Å². The van der Waals surface area contributed by atoms with Crippen molar-refractivity contribution in [2.24, 2.45) is 5.41 Å². The molecule has 0 unspecified atom stereocenters. The van der Waals surface area contributed by atoms with Crippen LogP contribution in [0.15, 0.2) is 48.7 Å². The number of nitrogens with one attached hydrogen (secondary N) is 1. The van der Waals surface area contributed by atoms with Crippen LogP contribution in [-0.2, 0) is 19.6 Å². The van der Waals surface area contributed by atoms with Crippen LogP contribution in [0.4, 0.5) is 30.2 Å². The van der Waals surface area contributed by atoms with Crippen molar-refractivity contribution in [2.45, 2.75) is 51.4 Å². The molecule has 240 valence electrons. The number of hydrogen-bond acceptors (Lipinski definition) is 7. The molecule has 1 aromatic heterocycles. The number of benzene rings is 2. The minimum absolute atomic E-state index is 0.0679. The number of fused-ring (bicyclic) bond motifs is 1. The second kappa shape index (κ2) is 12.2. The minimum atomic E-state index is -4.05. The normalized spacial score (nSPS) is 19.5. The third-order valence-corrected chi connectivity index (χ3v) is 10.3. The van der Waals surface area contributed by atoms with E-state index in [0.29, 0.717) is 46.5 Å². The number of ether oxygens (including phenoxy) is 1. The smallest absolute Gasteiger partial charge is 0.323 e. The first-order valence-corrected chi connectivity index (χ1v) is 17.0. The molecule has 12 heteroatoms. The SMILES string of the molecule is CCOC(=O)CS(=O)(=O)Nc1ccc(/C(F)=C/c2cc(N3CCC(F)(F)CC3)c3ncccc3c2)c(N2CCC3(CC2)CC3)c1. The number of halogens is 3. The van der Waals surface area contributed by atoms with E-state index in [-0.39, 0.29) is 38.2 Å². The quantitative estimate of drug-likeness (QED) is 0.207. The average molecular weight is 643 g/mol. The number of aromatic nitrogens is 1. The number of carbonyl (C=O) groups excluding carboxylic acids is 1. The number of rotatable bonds is 9. The van der Waals surface area contributed by atoms with Gasteiger partial charge in [0.25, 0.3) is 5.92 Å². The Bertz CT molecular complexity index is 1720. The van der Waals surface area contributed by atoms with Crippen LogP contribution < -0.4 is 14.5 Å². The third kappa shape index (κ3) is 7.21. The Morgan fingerprint density at radius 3 is 2.36 bits per heavy atom. The molecular formula is C33H37F3N4O4S. The second-order valence-electron chi connectivity index (χ2n) is 12.3. The molecule has 0 bridgehead atoms. The molecule has 1 saturated carbocycles. The summed E-state index contributed by atoms with van der Waals surface area (Å²) < 4.78 is 76.7. The van der Waals surface area contributed by atoms with Crippen LogP contribution in [0, 0.1) is 5.41 Å². The van der Waals surface area contributed by atoms with E-state index in [0.717, 1.165) is 18.2 Å². The molecule has 3 fully saturated rings. The molecule has 0 atom stereocenters. The highest BCUT2D eigenvalue weighted by molar-refractivity contribution is 7.93. The Morgan fingerprint density at radius 2 is 1.67 bits per heavy atom. The van der Waals surface area contributed by atoms with Crippen molar-refractivity contribution >= 4 is 55.9 Å². The number of esters is 1. The van der Waals surface area contributed by atoms with E-state index < -0.39 is 33.5 Å². The van der Waals surface area contributed by atoms with E-state index in [4.69, 9.17) is 4.74 Å². The van der Waals surface area contributed by atoms with Gasteiger partial charge in [0.1, 0.15) is 5.83 Å². The molecule has 0 amide bonds. The van der Waals surface area contributed by atoms with Gasteiger partial charge >= 0.3 is 5.97 Å². The molecule has 2 saturated heterocycles. The summed E-state index contributed by atoms with van der Waals surface area (Å²) in [5, 5.41) is 0.767. The summed E-state index contributed by atoms with van der Waals surface area (Å²) in [4.78, 5) is 20.3. The number of carbonyl (C=O) groups is 1. The lowest BCUT2D eigenvalue weighted by atomic mass is 9.93. The molecule has 3 aliphatic rings.